The lowest BCUT2D eigenvalue weighted by Gasteiger charge is -2.31. The predicted octanol–water partition coefficient (Wildman–Crippen LogP) is 1.78. The number of rotatable bonds is 4. The minimum atomic E-state index is -0.874. The summed E-state index contributed by atoms with van der Waals surface area (Å²) < 4.78 is 0. The highest BCUT2D eigenvalue weighted by Crippen LogP contribution is 2.31. The van der Waals surface area contributed by atoms with Crippen molar-refractivity contribution in [1.82, 2.24) is 9.80 Å². The second-order valence-corrected chi connectivity index (χ2v) is 5.45. The van der Waals surface area contributed by atoms with Crippen LogP contribution < -0.4 is 0 Å². The van der Waals surface area contributed by atoms with Crippen LogP contribution in [0.3, 0.4) is 0 Å². The lowest BCUT2D eigenvalue weighted by molar-refractivity contribution is -0.142. The van der Waals surface area contributed by atoms with Crippen LogP contribution in [0.25, 0.3) is 0 Å². The third-order valence-corrected chi connectivity index (χ3v) is 3.90. The maximum absolute atomic E-state index is 12.5. The van der Waals surface area contributed by atoms with Gasteiger partial charge >= 0.3 is 12.0 Å². The minimum Gasteiger partial charge on any atom is -0.480 e. The van der Waals surface area contributed by atoms with Crippen molar-refractivity contribution >= 4 is 12.0 Å². The van der Waals surface area contributed by atoms with Crippen LogP contribution in [0.4, 0.5) is 4.79 Å². The summed E-state index contributed by atoms with van der Waals surface area (Å²) in [6, 6.07) is -0.366. The summed E-state index contributed by atoms with van der Waals surface area (Å²) in [6.07, 6.45) is 3.83. The van der Waals surface area contributed by atoms with Crippen LogP contribution in [0.15, 0.2) is 0 Å². The largest absolute Gasteiger partial charge is 0.480 e. The summed E-state index contributed by atoms with van der Waals surface area (Å²) in [5.74, 6) is -0.824. The van der Waals surface area contributed by atoms with Crippen molar-refractivity contribution in [3.05, 3.63) is 0 Å². The average Bonchev–Trinajstić information content (AvgIpc) is 3.07. The van der Waals surface area contributed by atoms with E-state index in [1.165, 1.54) is 0 Å². The first kappa shape index (κ1) is 13.2. The van der Waals surface area contributed by atoms with Crippen LogP contribution in [-0.4, -0.2) is 52.1 Å². The Morgan fingerprint density at radius 3 is 2.50 bits per heavy atom. The van der Waals surface area contributed by atoms with Gasteiger partial charge in [0.25, 0.3) is 0 Å². The quantitative estimate of drug-likeness (QED) is 0.831. The van der Waals surface area contributed by atoms with Gasteiger partial charge in [-0.15, -0.1) is 0 Å². The number of aliphatic carboxylic acids is 1. The van der Waals surface area contributed by atoms with Gasteiger partial charge in [-0.05, 0) is 31.6 Å². The van der Waals surface area contributed by atoms with Crippen LogP contribution in [0.1, 0.15) is 39.5 Å². The van der Waals surface area contributed by atoms with Gasteiger partial charge in [-0.3, -0.25) is 0 Å². The van der Waals surface area contributed by atoms with Gasteiger partial charge in [0.15, 0.2) is 0 Å². The molecule has 2 aliphatic rings. The molecule has 18 heavy (non-hydrogen) atoms. The number of urea groups is 1. The van der Waals surface area contributed by atoms with Gasteiger partial charge < -0.3 is 14.9 Å². The number of carbonyl (C=O) groups excluding carboxylic acids is 1. The van der Waals surface area contributed by atoms with Gasteiger partial charge in [-0.25, -0.2) is 9.59 Å². The molecule has 1 saturated carbocycles. The van der Waals surface area contributed by atoms with Crippen LogP contribution in [0.2, 0.25) is 0 Å². The highest BCUT2D eigenvalue weighted by Gasteiger charge is 2.43. The standard InChI is InChI=1S/C13H22N2O3/c1-3-7-14(10-4-5-10)13(18)15-8-6-9(2)11(15)12(16)17/h9-11H,3-8H2,1-2H3,(H,16,17). The first-order chi connectivity index (χ1) is 8.56. The Kier molecular flexibility index (Phi) is 3.78. The third-order valence-electron chi connectivity index (χ3n) is 3.90. The molecule has 2 fully saturated rings. The minimum absolute atomic E-state index is 0.0501. The summed E-state index contributed by atoms with van der Waals surface area (Å²) in [7, 11) is 0. The maximum Gasteiger partial charge on any atom is 0.326 e. The molecule has 2 rings (SSSR count). The van der Waals surface area contributed by atoms with Gasteiger partial charge in [-0.2, -0.15) is 0 Å². The van der Waals surface area contributed by atoms with E-state index in [2.05, 4.69) is 0 Å². The molecule has 1 heterocycles. The van der Waals surface area contributed by atoms with E-state index in [0.717, 1.165) is 32.2 Å². The normalized spacial score (nSPS) is 27.3. The van der Waals surface area contributed by atoms with Crippen molar-refractivity contribution in [2.75, 3.05) is 13.1 Å². The first-order valence-corrected chi connectivity index (χ1v) is 6.86. The first-order valence-electron chi connectivity index (χ1n) is 6.86. The molecule has 1 aliphatic carbocycles. The van der Waals surface area contributed by atoms with E-state index in [0.29, 0.717) is 12.6 Å². The Hall–Kier alpha value is -1.26. The number of carboxylic acids is 1. The highest BCUT2D eigenvalue weighted by atomic mass is 16.4. The molecule has 2 unspecified atom stereocenters. The van der Waals surface area contributed by atoms with E-state index in [-0.39, 0.29) is 11.9 Å². The average molecular weight is 254 g/mol. The molecule has 0 radical (unpaired) electrons. The lowest BCUT2D eigenvalue weighted by atomic mass is 10.0. The van der Waals surface area contributed by atoms with Gasteiger partial charge in [0.05, 0.1) is 0 Å². The summed E-state index contributed by atoms with van der Waals surface area (Å²) in [4.78, 5) is 27.2. The second-order valence-electron chi connectivity index (χ2n) is 5.45. The molecule has 0 aromatic heterocycles. The number of likely N-dealkylation sites (tertiary alicyclic amines) is 1. The third kappa shape index (κ3) is 2.44. The molecule has 5 nitrogen and oxygen atoms in total. The van der Waals surface area contributed by atoms with Crippen molar-refractivity contribution in [3.8, 4) is 0 Å². The van der Waals surface area contributed by atoms with Crippen LogP contribution >= 0.6 is 0 Å². The van der Waals surface area contributed by atoms with E-state index >= 15 is 0 Å². The van der Waals surface area contributed by atoms with Gasteiger partial charge in [0.2, 0.25) is 0 Å². The number of nitrogens with zero attached hydrogens (tertiary/aromatic N) is 2. The molecular formula is C13H22N2O3. The number of hydrogen-bond acceptors (Lipinski definition) is 2. The fourth-order valence-electron chi connectivity index (χ4n) is 2.76. The van der Waals surface area contributed by atoms with Gasteiger partial charge in [0, 0.05) is 19.1 Å². The number of carboxylic acid groups (broad SMARTS) is 1. The zero-order chi connectivity index (χ0) is 13.3. The number of hydrogen-bond donors (Lipinski definition) is 1. The Labute approximate surface area is 108 Å². The maximum atomic E-state index is 12.5. The van der Waals surface area contributed by atoms with Crippen molar-refractivity contribution in [2.24, 2.45) is 5.92 Å². The summed E-state index contributed by atoms with van der Waals surface area (Å²) in [5.41, 5.74) is 0. The molecule has 0 aromatic rings. The highest BCUT2D eigenvalue weighted by molar-refractivity contribution is 5.84. The molecule has 0 spiro atoms. The number of amides is 2. The SMILES string of the molecule is CCCN(C(=O)N1CCC(C)C1C(=O)O)C1CC1. The van der Waals surface area contributed by atoms with Crippen LogP contribution in [-0.2, 0) is 4.79 Å². The van der Waals surface area contributed by atoms with Crippen molar-refractivity contribution in [3.63, 3.8) is 0 Å². The smallest absolute Gasteiger partial charge is 0.326 e. The van der Waals surface area contributed by atoms with E-state index in [4.69, 9.17) is 0 Å². The lowest BCUT2D eigenvalue weighted by Crippen LogP contribution is -2.50. The van der Waals surface area contributed by atoms with E-state index in [1.54, 1.807) is 4.90 Å². The van der Waals surface area contributed by atoms with Gasteiger partial charge in [0.1, 0.15) is 6.04 Å². The summed E-state index contributed by atoms with van der Waals surface area (Å²) in [6.45, 7) is 5.27. The molecule has 0 aromatic carbocycles. The molecule has 0 bridgehead atoms. The van der Waals surface area contributed by atoms with E-state index in [1.807, 2.05) is 18.7 Å². The van der Waals surface area contributed by atoms with Crippen LogP contribution in [0.5, 0.6) is 0 Å². The van der Waals surface area contributed by atoms with E-state index in [9.17, 15) is 14.7 Å². The fourth-order valence-corrected chi connectivity index (χ4v) is 2.76. The Morgan fingerprint density at radius 2 is 2.00 bits per heavy atom. The Morgan fingerprint density at radius 1 is 1.33 bits per heavy atom. The van der Waals surface area contributed by atoms with Crippen molar-refractivity contribution < 1.29 is 14.7 Å². The molecule has 2 amide bonds. The molecule has 2 atom stereocenters. The zero-order valence-electron chi connectivity index (χ0n) is 11.1. The van der Waals surface area contributed by atoms with Gasteiger partial charge in [-0.1, -0.05) is 13.8 Å². The molecule has 1 aliphatic heterocycles. The number of carbonyl (C=O) groups is 2. The zero-order valence-corrected chi connectivity index (χ0v) is 11.1. The second kappa shape index (κ2) is 5.16. The van der Waals surface area contributed by atoms with Crippen molar-refractivity contribution in [2.45, 2.75) is 51.6 Å². The molecule has 1 saturated heterocycles. The molecular weight excluding hydrogens is 232 g/mol. The fraction of sp³-hybridized carbons (Fsp3) is 0.846. The molecule has 1 N–H and O–H groups in total. The van der Waals surface area contributed by atoms with Crippen molar-refractivity contribution in [1.29, 1.82) is 0 Å². The molecule has 102 valence electrons. The van der Waals surface area contributed by atoms with Crippen LogP contribution in [0, 0.1) is 5.92 Å². The predicted molar refractivity (Wildman–Crippen MR) is 67.3 cm³/mol. The summed E-state index contributed by atoms with van der Waals surface area (Å²) >= 11 is 0. The Bertz CT molecular complexity index is 341. The Balaban J connectivity index is 2.08. The topological polar surface area (TPSA) is 60.9 Å². The monoisotopic (exact) mass is 254 g/mol. The molecule has 5 heteroatoms. The summed E-state index contributed by atoms with van der Waals surface area (Å²) in [5, 5.41) is 9.26. The van der Waals surface area contributed by atoms with E-state index < -0.39 is 12.0 Å².